The summed E-state index contributed by atoms with van der Waals surface area (Å²) in [6, 6.07) is 13.2. The van der Waals surface area contributed by atoms with Crippen molar-refractivity contribution in [3.63, 3.8) is 0 Å². The summed E-state index contributed by atoms with van der Waals surface area (Å²) in [5, 5.41) is 0. The van der Waals surface area contributed by atoms with Gasteiger partial charge in [-0.1, -0.05) is 24.3 Å². The van der Waals surface area contributed by atoms with Gasteiger partial charge in [-0.2, -0.15) is 0 Å². The highest BCUT2D eigenvalue weighted by Gasteiger charge is 2.26. The van der Waals surface area contributed by atoms with Gasteiger partial charge in [0.05, 0.1) is 40.9 Å². The van der Waals surface area contributed by atoms with Gasteiger partial charge in [0.25, 0.3) is 0 Å². The van der Waals surface area contributed by atoms with Crippen LogP contribution in [0.5, 0.6) is 23.0 Å². The largest absolute Gasteiger partial charge is 0.493 e. The van der Waals surface area contributed by atoms with Gasteiger partial charge in [-0.05, 0) is 18.2 Å². The number of hydrogen-bond acceptors (Lipinski definition) is 6. The predicted octanol–water partition coefficient (Wildman–Crippen LogP) is 2.56. The number of carbonyl (C=O) groups is 1. The highest BCUT2D eigenvalue weighted by atomic mass is 16.5. The number of ether oxygens (including phenoxy) is 5. The molecule has 0 bridgehead atoms. The maximum atomic E-state index is 12.9. The molecule has 2 aromatic carbocycles. The quantitative estimate of drug-likeness (QED) is 0.677. The molecule has 0 aromatic heterocycles. The number of morpholine rings is 1. The first-order chi connectivity index (χ1) is 14.2. The smallest absolute Gasteiger partial charge is 0.227 e. The van der Waals surface area contributed by atoms with E-state index in [4.69, 9.17) is 23.7 Å². The monoisotopic (exact) mass is 401 g/mol. The molecular weight excluding hydrogens is 374 g/mol. The number of methoxy groups -OCH3 is 3. The van der Waals surface area contributed by atoms with E-state index in [1.807, 2.05) is 36.4 Å². The van der Waals surface area contributed by atoms with Crippen molar-refractivity contribution in [1.29, 1.82) is 0 Å². The van der Waals surface area contributed by atoms with Gasteiger partial charge in [0.15, 0.2) is 11.5 Å². The Hall–Kier alpha value is -2.93. The predicted molar refractivity (Wildman–Crippen MR) is 108 cm³/mol. The lowest BCUT2D eigenvalue weighted by atomic mass is 10.1. The molecule has 7 nitrogen and oxygen atoms in total. The second-order valence-electron chi connectivity index (χ2n) is 6.63. The Balaban J connectivity index is 1.63. The van der Waals surface area contributed by atoms with Gasteiger partial charge < -0.3 is 28.6 Å². The molecule has 156 valence electrons. The Bertz CT molecular complexity index is 810. The van der Waals surface area contributed by atoms with Crippen molar-refractivity contribution in [3.8, 4) is 23.0 Å². The number of carbonyl (C=O) groups excluding carboxylic acids is 1. The van der Waals surface area contributed by atoms with Crippen LogP contribution in [0.4, 0.5) is 0 Å². The zero-order valence-electron chi connectivity index (χ0n) is 17.1. The van der Waals surface area contributed by atoms with Gasteiger partial charge in [0.2, 0.25) is 11.7 Å². The third-order valence-corrected chi connectivity index (χ3v) is 4.80. The van der Waals surface area contributed by atoms with Crippen molar-refractivity contribution >= 4 is 5.91 Å². The highest BCUT2D eigenvalue weighted by Crippen LogP contribution is 2.40. The first kappa shape index (κ1) is 20.8. The lowest BCUT2D eigenvalue weighted by Crippen LogP contribution is -2.48. The van der Waals surface area contributed by atoms with E-state index in [1.165, 1.54) is 0 Å². The standard InChI is InChI=1S/C22H27NO6/c1-25-19-10-9-16(21(26-2)22(19)27-3)13-20(24)23-11-12-28-18(14-23)15-29-17-7-5-4-6-8-17/h4-10,18H,11-15H2,1-3H3. The molecule has 1 atom stereocenters. The zero-order chi connectivity index (χ0) is 20.6. The van der Waals surface area contributed by atoms with Crippen molar-refractivity contribution in [2.24, 2.45) is 0 Å². The highest BCUT2D eigenvalue weighted by molar-refractivity contribution is 5.80. The second kappa shape index (κ2) is 10.0. The van der Waals surface area contributed by atoms with Crippen LogP contribution in [0.25, 0.3) is 0 Å². The van der Waals surface area contributed by atoms with Gasteiger partial charge in [0, 0.05) is 12.1 Å². The molecule has 1 aliphatic heterocycles. The molecule has 1 unspecified atom stereocenters. The van der Waals surface area contributed by atoms with Crippen LogP contribution >= 0.6 is 0 Å². The lowest BCUT2D eigenvalue weighted by Gasteiger charge is -2.33. The summed E-state index contributed by atoms with van der Waals surface area (Å²) in [5.74, 6) is 2.34. The Labute approximate surface area is 171 Å². The lowest BCUT2D eigenvalue weighted by molar-refractivity contribution is -0.139. The fraction of sp³-hybridized carbons (Fsp3) is 0.409. The van der Waals surface area contributed by atoms with Gasteiger partial charge in [-0.3, -0.25) is 4.79 Å². The molecule has 1 fully saturated rings. The minimum Gasteiger partial charge on any atom is -0.493 e. The maximum Gasteiger partial charge on any atom is 0.227 e. The molecule has 1 saturated heterocycles. The van der Waals surface area contributed by atoms with Gasteiger partial charge in [-0.15, -0.1) is 0 Å². The van der Waals surface area contributed by atoms with Crippen LogP contribution in [-0.2, 0) is 16.0 Å². The minimum absolute atomic E-state index is 0.00327. The van der Waals surface area contributed by atoms with Crippen molar-refractivity contribution < 1.29 is 28.5 Å². The van der Waals surface area contributed by atoms with Gasteiger partial charge >= 0.3 is 0 Å². The van der Waals surface area contributed by atoms with E-state index >= 15 is 0 Å². The van der Waals surface area contributed by atoms with Gasteiger partial charge in [-0.25, -0.2) is 0 Å². The Kier molecular flexibility index (Phi) is 7.19. The molecule has 1 aliphatic rings. The van der Waals surface area contributed by atoms with Crippen LogP contribution in [-0.4, -0.2) is 64.5 Å². The molecule has 1 heterocycles. The Morgan fingerprint density at radius 1 is 1.03 bits per heavy atom. The maximum absolute atomic E-state index is 12.9. The molecule has 2 aromatic rings. The molecule has 7 heteroatoms. The van der Waals surface area contributed by atoms with Crippen LogP contribution in [0.3, 0.4) is 0 Å². The number of hydrogen-bond donors (Lipinski definition) is 0. The summed E-state index contributed by atoms with van der Waals surface area (Å²) in [5.41, 5.74) is 0.749. The molecule has 0 aliphatic carbocycles. The fourth-order valence-corrected chi connectivity index (χ4v) is 3.33. The van der Waals surface area contributed by atoms with E-state index in [9.17, 15) is 4.79 Å². The van der Waals surface area contributed by atoms with Crippen LogP contribution in [0.1, 0.15) is 5.56 Å². The normalized spacial score (nSPS) is 16.2. The molecular formula is C22H27NO6. The first-order valence-corrected chi connectivity index (χ1v) is 9.51. The van der Waals surface area contributed by atoms with E-state index in [1.54, 1.807) is 32.3 Å². The topological polar surface area (TPSA) is 66.5 Å². The summed E-state index contributed by atoms with van der Waals surface area (Å²) in [7, 11) is 4.66. The van der Waals surface area contributed by atoms with Gasteiger partial charge in [0.1, 0.15) is 18.5 Å². The van der Waals surface area contributed by atoms with E-state index in [2.05, 4.69) is 0 Å². The number of nitrogens with zero attached hydrogens (tertiary/aromatic N) is 1. The third-order valence-electron chi connectivity index (χ3n) is 4.80. The SMILES string of the molecule is COc1ccc(CC(=O)N2CCOC(COc3ccccc3)C2)c(OC)c1OC. The van der Waals surface area contributed by atoms with Crippen molar-refractivity contribution in [3.05, 3.63) is 48.0 Å². The summed E-state index contributed by atoms with van der Waals surface area (Å²) in [6.07, 6.45) is 0.0377. The Morgan fingerprint density at radius 2 is 1.79 bits per heavy atom. The van der Waals surface area contributed by atoms with E-state index in [0.29, 0.717) is 43.6 Å². The van der Waals surface area contributed by atoms with Crippen LogP contribution in [0, 0.1) is 0 Å². The average molecular weight is 401 g/mol. The summed E-state index contributed by atoms with van der Waals surface area (Å²) < 4.78 is 27.7. The number of benzene rings is 2. The third kappa shape index (κ3) is 5.12. The molecule has 29 heavy (non-hydrogen) atoms. The van der Waals surface area contributed by atoms with Crippen LogP contribution in [0.2, 0.25) is 0 Å². The van der Waals surface area contributed by atoms with E-state index in [0.717, 1.165) is 11.3 Å². The average Bonchev–Trinajstić information content (AvgIpc) is 2.78. The van der Waals surface area contributed by atoms with Crippen molar-refractivity contribution in [2.45, 2.75) is 12.5 Å². The summed E-state index contributed by atoms with van der Waals surface area (Å²) >= 11 is 0. The summed E-state index contributed by atoms with van der Waals surface area (Å²) in [6.45, 7) is 1.92. The zero-order valence-corrected chi connectivity index (χ0v) is 17.1. The Morgan fingerprint density at radius 3 is 2.48 bits per heavy atom. The van der Waals surface area contributed by atoms with E-state index in [-0.39, 0.29) is 18.4 Å². The molecule has 3 rings (SSSR count). The van der Waals surface area contributed by atoms with Crippen molar-refractivity contribution in [1.82, 2.24) is 4.90 Å². The molecule has 0 spiro atoms. The second-order valence-corrected chi connectivity index (χ2v) is 6.63. The molecule has 0 N–H and O–H groups in total. The number of rotatable bonds is 8. The van der Waals surface area contributed by atoms with Crippen LogP contribution in [0.15, 0.2) is 42.5 Å². The fourth-order valence-electron chi connectivity index (χ4n) is 3.33. The summed E-state index contributed by atoms with van der Waals surface area (Å²) in [4.78, 5) is 14.7. The molecule has 0 radical (unpaired) electrons. The molecule has 0 saturated carbocycles. The number of amides is 1. The molecule has 1 amide bonds. The number of para-hydroxylation sites is 1. The minimum atomic E-state index is -0.166. The first-order valence-electron chi connectivity index (χ1n) is 9.51. The van der Waals surface area contributed by atoms with Crippen molar-refractivity contribution in [2.75, 3.05) is 47.6 Å². The van der Waals surface area contributed by atoms with Crippen LogP contribution < -0.4 is 18.9 Å². The van der Waals surface area contributed by atoms with E-state index < -0.39 is 0 Å².